The van der Waals surface area contributed by atoms with Gasteiger partial charge in [0.25, 0.3) is 0 Å². The van der Waals surface area contributed by atoms with Crippen LogP contribution in [0.25, 0.3) is 0 Å². The minimum Gasteiger partial charge on any atom is -0.388 e. The highest BCUT2D eigenvalue weighted by Crippen LogP contribution is 2.40. The molecule has 94 valence electrons. The summed E-state index contributed by atoms with van der Waals surface area (Å²) in [5.41, 5.74) is 0.247. The van der Waals surface area contributed by atoms with Gasteiger partial charge in [0.15, 0.2) is 6.10 Å². The smallest absolute Gasteiger partial charge is 0.171 e. The Balaban J connectivity index is 1.97. The highest BCUT2D eigenvalue weighted by molar-refractivity contribution is 6.30. The molecule has 1 N–H and O–H groups in total. The maximum Gasteiger partial charge on any atom is 0.171 e. The van der Waals surface area contributed by atoms with E-state index in [1.165, 1.54) is 0 Å². The summed E-state index contributed by atoms with van der Waals surface area (Å²) in [4.78, 5) is 17.2. The molecule has 5 heteroatoms. The SMILES string of the molecule is C[C@]1(O)CC(=O)[C@H]2C(c3ccc(Cl)cc3)=NO[C@H]21. The van der Waals surface area contributed by atoms with Crippen molar-refractivity contribution in [1.82, 2.24) is 0 Å². The van der Waals surface area contributed by atoms with E-state index in [2.05, 4.69) is 5.16 Å². The molecule has 4 nitrogen and oxygen atoms in total. The normalized spacial score (nSPS) is 34.2. The molecule has 2 aliphatic rings. The molecule has 1 aromatic rings. The number of aliphatic hydroxyl groups is 1. The number of Topliss-reactive ketones (excluding diaryl/α,β-unsaturated/α-hetero) is 1. The van der Waals surface area contributed by atoms with Crippen LogP contribution in [0.5, 0.6) is 0 Å². The van der Waals surface area contributed by atoms with Crippen molar-refractivity contribution < 1.29 is 14.7 Å². The zero-order valence-electron chi connectivity index (χ0n) is 9.76. The number of rotatable bonds is 1. The third-order valence-corrected chi connectivity index (χ3v) is 3.75. The molecular formula is C13H12ClNO3. The number of carbonyl (C=O) groups excluding carboxylic acids is 1. The monoisotopic (exact) mass is 265 g/mol. The van der Waals surface area contributed by atoms with Crippen molar-refractivity contribution in [3.8, 4) is 0 Å². The van der Waals surface area contributed by atoms with Crippen LogP contribution in [0.15, 0.2) is 29.4 Å². The molecule has 0 bridgehead atoms. The first-order valence-electron chi connectivity index (χ1n) is 5.74. The Bertz CT molecular complexity index is 536. The van der Waals surface area contributed by atoms with Gasteiger partial charge in [0.1, 0.15) is 23.0 Å². The molecule has 3 rings (SSSR count). The summed E-state index contributed by atoms with van der Waals surface area (Å²) in [6, 6.07) is 7.08. The Labute approximate surface area is 109 Å². The molecule has 1 aliphatic carbocycles. The molecule has 1 aromatic carbocycles. The van der Waals surface area contributed by atoms with Gasteiger partial charge < -0.3 is 9.94 Å². The van der Waals surface area contributed by atoms with E-state index in [9.17, 15) is 9.90 Å². The van der Waals surface area contributed by atoms with Crippen molar-refractivity contribution in [2.45, 2.75) is 25.0 Å². The topological polar surface area (TPSA) is 58.9 Å². The van der Waals surface area contributed by atoms with Crippen molar-refractivity contribution in [3.05, 3.63) is 34.9 Å². The second kappa shape index (κ2) is 3.80. The molecule has 0 aromatic heterocycles. The average molecular weight is 266 g/mol. The molecule has 0 unspecified atom stereocenters. The Hall–Kier alpha value is -1.39. The van der Waals surface area contributed by atoms with Gasteiger partial charge in [-0.3, -0.25) is 4.79 Å². The summed E-state index contributed by atoms with van der Waals surface area (Å²) in [6.07, 6.45) is -0.467. The molecule has 18 heavy (non-hydrogen) atoms. The van der Waals surface area contributed by atoms with Crippen LogP contribution in [-0.2, 0) is 9.63 Å². The number of fused-ring (bicyclic) bond motifs is 1. The largest absolute Gasteiger partial charge is 0.388 e. The number of ketones is 1. The summed E-state index contributed by atoms with van der Waals surface area (Å²) in [6.45, 7) is 1.61. The number of oxime groups is 1. The molecule has 1 aliphatic heterocycles. The van der Waals surface area contributed by atoms with E-state index in [0.717, 1.165) is 5.56 Å². The number of benzene rings is 1. The Morgan fingerprint density at radius 3 is 2.78 bits per heavy atom. The minimum atomic E-state index is -1.14. The Morgan fingerprint density at radius 2 is 2.11 bits per heavy atom. The van der Waals surface area contributed by atoms with Gasteiger partial charge in [-0.15, -0.1) is 0 Å². The number of hydrogen-bond donors (Lipinski definition) is 1. The highest BCUT2D eigenvalue weighted by Gasteiger charge is 2.56. The van der Waals surface area contributed by atoms with Crippen molar-refractivity contribution in [2.75, 3.05) is 0 Å². The van der Waals surface area contributed by atoms with E-state index in [4.69, 9.17) is 16.4 Å². The molecule has 1 saturated carbocycles. The van der Waals surface area contributed by atoms with Gasteiger partial charge in [-0.2, -0.15) is 0 Å². The predicted molar refractivity (Wildman–Crippen MR) is 66.6 cm³/mol. The molecule has 0 saturated heterocycles. The Morgan fingerprint density at radius 1 is 1.44 bits per heavy atom. The number of nitrogens with zero attached hydrogens (tertiary/aromatic N) is 1. The fourth-order valence-electron chi connectivity index (χ4n) is 2.58. The zero-order chi connectivity index (χ0) is 12.9. The van der Waals surface area contributed by atoms with Gasteiger partial charge in [0.2, 0.25) is 0 Å². The number of halogens is 1. The average Bonchev–Trinajstić information content (AvgIpc) is 2.82. The lowest BCUT2D eigenvalue weighted by Crippen LogP contribution is -2.37. The van der Waals surface area contributed by atoms with Gasteiger partial charge in [0, 0.05) is 17.0 Å². The lowest BCUT2D eigenvalue weighted by atomic mass is 9.91. The summed E-state index contributed by atoms with van der Waals surface area (Å²) in [5.74, 6) is -0.502. The molecule has 1 heterocycles. The summed E-state index contributed by atoms with van der Waals surface area (Å²) < 4.78 is 0. The van der Waals surface area contributed by atoms with Crippen molar-refractivity contribution >= 4 is 23.1 Å². The van der Waals surface area contributed by atoms with Crippen molar-refractivity contribution in [3.63, 3.8) is 0 Å². The van der Waals surface area contributed by atoms with Crippen LogP contribution in [0.3, 0.4) is 0 Å². The van der Waals surface area contributed by atoms with Gasteiger partial charge in [-0.05, 0) is 19.1 Å². The van der Waals surface area contributed by atoms with E-state index >= 15 is 0 Å². The van der Waals surface area contributed by atoms with E-state index < -0.39 is 17.6 Å². The second-order valence-corrected chi connectivity index (χ2v) is 5.42. The third-order valence-electron chi connectivity index (χ3n) is 3.49. The van der Waals surface area contributed by atoms with Crippen LogP contribution in [-0.4, -0.2) is 28.3 Å². The molecular weight excluding hydrogens is 254 g/mol. The van der Waals surface area contributed by atoms with E-state index in [-0.39, 0.29) is 12.2 Å². The highest BCUT2D eigenvalue weighted by atomic mass is 35.5. The number of carbonyl (C=O) groups is 1. The second-order valence-electron chi connectivity index (χ2n) is 4.99. The first kappa shape index (κ1) is 11.7. The van der Waals surface area contributed by atoms with Crippen LogP contribution in [0, 0.1) is 5.92 Å². The van der Waals surface area contributed by atoms with E-state index in [0.29, 0.717) is 10.7 Å². The van der Waals surface area contributed by atoms with Crippen LogP contribution in [0.2, 0.25) is 5.02 Å². The molecule has 0 spiro atoms. The molecule has 1 fully saturated rings. The van der Waals surface area contributed by atoms with Gasteiger partial charge >= 0.3 is 0 Å². The summed E-state index contributed by atoms with van der Waals surface area (Å²) in [7, 11) is 0. The minimum absolute atomic E-state index is 0.0313. The maximum absolute atomic E-state index is 12.0. The van der Waals surface area contributed by atoms with Crippen LogP contribution in [0.4, 0.5) is 0 Å². The molecule has 0 radical (unpaired) electrons. The maximum atomic E-state index is 12.0. The first-order chi connectivity index (χ1) is 8.49. The van der Waals surface area contributed by atoms with Crippen LogP contribution >= 0.6 is 11.6 Å². The van der Waals surface area contributed by atoms with E-state index in [1.54, 1.807) is 31.2 Å². The lowest BCUT2D eigenvalue weighted by Gasteiger charge is -2.20. The number of hydrogen-bond acceptors (Lipinski definition) is 4. The fourth-order valence-corrected chi connectivity index (χ4v) is 2.71. The van der Waals surface area contributed by atoms with Crippen LogP contribution < -0.4 is 0 Å². The predicted octanol–water partition coefficient (Wildman–Crippen LogP) is 1.78. The van der Waals surface area contributed by atoms with Crippen molar-refractivity contribution in [1.29, 1.82) is 0 Å². The summed E-state index contributed by atoms with van der Waals surface area (Å²) in [5, 5.41) is 14.7. The third kappa shape index (κ3) is 1.64. The first-order valence-corrected chi connectivity index (χ1v) is 6.11. The van der Waals surface area contributed by atoms with E-state index in [1.807, 2.05) is 0 Å². The van der Waals surface area contributed by atoms with Gasteiger partial charge in [0.05, 0.1) is 0 Å². The quantitative estimate of drug-likeness (QED) is 0.842. The van der Waals surface area contributed by atoms with Gasteiger partial charge in [-0.1, -0.05) is 28.9 Å². The van der Waals surface area contributed by atoms with Crippen LogP contribution in [0.1, 0.15) is 18.9 Å². The molecule has 0 amide bonds. The summed E-state index contributed by atoms with van der Waals surface area (Å²) >= 11 is 5.83. The Kier molecular flexibility index (Phi) is 2.47. The molecule has 3 atom stereocenters. The van der Waals surface area contributed by atoms with Gasteiger partial charge in [-0.25, -0.2) is 0 Å². The zero-order valence-corrected chi connectivity index (χ0v) is 10.5. The van der Waals surface area contributed by atoms with Crippen molar-refractivity contribution in [2.24, 2.45) is 11.1 Å². The fraction of sp³-hybridized carbons (Fsp3) is 0.385. The lowest BCUT2D eigenvalue weighted by molar-refractivity contribution is -0.119. The standard InChI is InChI=1S/C13H12ClNO3/c1-13(17)6-9(16)10-11(15-18-12(10)13)7-2-4-8(14)5-3-7/h2-5,10,12,17H,6H2,1H3/t10-,12+,13-/m0/s1.